The van der Waals surface area contributed by atoms with Gasteiger partial charge >= 0.3 is 0 Å². The van der Waals surface area contributed by atoms with Crippen molar-refractivity contribution in [3.8, 4) is 17.2 Å². The molecule has 1 heterocycles. The Morgan fingerprint density at radius 2 is 1.75 bits per heavy atom. The van der Waals surface area contributed by atoms with Gasteiger partial charge in [0.05, 0.1) is 6.61 Å². The highest BCUT2D eigenvalue weighted by Gasteiger charge is 2.27. The first-order valence-corrected chi connectivity index (χ1v) is 8.57. The van der Waals surface area contributed by atoms with E-state index in [-0.39, 0.29) is 12.6 Å². The molecule has 2 unspecified atom stereocenters. The minimum atomic E-state index is -0.178. The lowest BCUT2D eigenvalue weighted by molar-refractivity contribution is 0.173. The normalized spacial score (nSPS) is 22.4. The van der Waals surface area contributed by atoms with Crippen LogP contribution in [0, 0.1) is 11.7 Å². The Kier molecular flexibility index (Phi) is 4.28. The molecule has 1 saturated carbocycles. The first kappa shape index (κ1) is 15.3. The first-order chi connectivity index (χ1) is 11.8. The van der Waals surface area contributed by atoms with Gasteiger partial charge in [-0.15, -0.1) is 0 Å². The zero-order valence-corrected chi connectivity index (χ0v) is 13.5. The Bertz CT molecular complexity index is 699. The van der Waals surface area contributed by atoms with Gasteiger partial charge < -0.3 is 14.2 Å². The Morgan fingerprint density at radius 1 is 0.958 bits per heavy atom. The summed E-state index contributed by atoms with van der Waals surface area (Å²) in [6.07, 6.45) is 4.74. The number of benzene rings is 2. The molecule has 2 atom stereocenters. The molecule has 0 N–H and O–H groups in total. The lowest BCUT2D eigenvalue weighted by Gasteiger charge is -2.31. The van der Waals surface area contributed by atoms with Gasteiger partial charge in [-0.1, -0.05) is 25.0 Å². The predicted octanol–water partition coefficient (Wildman–Crippen LogP) is 4.91. The number of rotatable bonds is 4. The number of hydrogen-bond acceptors (Lipinski definition) is 3. The molecule has 126 valence electrons. The highest BCUT2D eigenvalue weighted by atomic mass is 19.1. The second-order valence-electron chi connectivity index (χ2n) is 6.53. The third kappa shape index (κ3) is 3.18. The van der Waals surface area contributed by atoms with Crippen molar-refractivity contribution in [1.29, 1.82) is 0 Å². The summed E-state index contributed by atoms with van der Waals surface area (Å²) < 4.78 is 29.9. The minimum absolute atomic E-state index is 0.178. The van der Waals surface area contributed by atoms with Crippen molar-refractivity contribution in [1.82, 2.24) is 0 Å². The predicted molar refractivity (Wildman–Crippen MR) is 89.2 cm³/mol. The number of ether oxygens (including phenoxy) is 3. The fourth-order valence-electron chi connectivity index (χ4n) is 3.73. The summed E-state index contributed by atoms with van der Waals surface area (Å²) in [5.74, 6) is 3.03. The van der Waals surface area contributed by atoms with E-state index >= 15 is 0 Å². The summed E-state index contributed by atoms with van der Waals surface area (Å²) in [6, 6.07) is 12.6. The molecule has 2 aromatic carbocycles. The van der Waals surface area contributed by atoms with Gasteiger partial charge in [-0.05, 0) is 54.5 Å². The maximum atomic E-state index is 13.2. The minimum Gasteiger partial charge on any atom is -0.493 e. The maximum Gasteiger partial charge on any atom is 0.231 e. The van der Waals surface area contributed by atoms with Crippen molar-refractivity contribution in [3.05, 3.63) is 53.8 Å². The van der Waals surface area contributed by atoms with Crippen LogP contribution in [0.3, 0.4) is 0 Å². The van der Waals surface area contributed by atoms with E-state index in [9.17, 15) is 4.39 Å². The monoisotopic (exact) mass is 328 g/mol. The van der Waals surface area contributed by atoms with Crippen LogP contribution in [0.25, 0.3) is 0 Å². The van der Waals surface area contributed by atoms with Gasteiger partial charge in [-0.25, -0.2) is 4.39 Å². The molecule has 4 rings (SSSR count). The molecule has 0 aromatic heterocycles. The van der Waals surface area contributed by atoms with Gasteiger partial charge in [-0.2, -0.15) is 0 Å². The summed E-state index contributed by atoms with van der Waals surface area (Å²) in [7, 11) is 0. The lowest BCUT2D eigenvalue weighted by Crippen LogP contribution is -2.24. The standard InChI is InChI=1S/C20H21FO3/c21-16-7-5-14(6-8-16)18-4-2-1-3-15(18)12-22-17-9-10-19-20(11-17)24-13-23-19/h5-11,15,18H,1-4,12-13H2. The van der Waals surface area contributed by atoms with E-state index < -0.39 is 0 Å². The van der Waals surface area contributed by atoms with Crippen molar-refractivity contribution in [2.75, 3.05) is 13.4 Å². The average molecular weight is 328 g/mol. The molecule has 2 aliphatic rings. The van der Waals surface area contributed by atoms with Crippen LogP contribution in [0.1, 0.15) is 37.2 Å². The van der Waals surface area contributed by atoms with Gasteiger partial charge in [0, 0.05) is 6.07 Å². The van der Waals surface area contributed by atoms with E-state index in [0.29, 0.717) is 18.4 Å². The smallest absolute Gasteiger partial charge is 0.231 e. The molecule has 1 aliphatic carbocycles. The molecule has 0 amide bonds. The SMILES string of the molecule is Fc1ccc(C2CCCCC2COc2ccc3c(c2)OCO3)cc1. The molecular weight excluding hydrogens is 307 g/mol. The van der Waals surface area contributed by atoms with Crippen molar-refractivity contribution in [3.63, 3.8) is 0 Å². The van der Waals surface area contributed by atoms with E-state index in [0.717, 1.165) is 30.1 Å². The number of halogens is 1. The maximum absolute atomic E-state index is 13.2. The molecule has 4 heteroatoms. The third-order valence-corrected chi connectivity index (χ3v) is 5.02. The molecule has 2 aromatic rings. The van der Waals surface area contributed by atoms with E-state index in [2.05, 4.69) is 0 Å². The van der Waals surface area contributed by atoms with Crippen molar-refractivity contribution in [2.45, 2.75) is 31.6 Å². The van der Waals surface area contributed by atoms with Crippen molar-refractivity contribution < 1.29 is 18.6 Å². The summed E-state index contributed by atoms with van der Waals surface area (Å²) in [4.78, 5) is 0. The molecule has 0 spiro atoms. The molecular formula is C20H21FO3. The van der Waals surface area contributed by atoms with Crippen LogP contribution in [0.4, 0.5) is 4.39 Å². The van der Waals surface area contributed by atoms with Crippen molar-refractivity contribution in [2.24, 2.45) is 5.92 Å². The average Bonchev–Trinajstić information content (AvgIpc) is 3.09. The molecule has 1 aliphatic heterocycles. The van der Waals surface area contributed by atoms with Crippen LogP contribution >= 0.6 is 0 Å². The highest BCUT2D eigenvalue weighted by Crippen LogP contribution is 2.39. The second-order valence-corrected chi connectivity index (χ2v) is 6.53. The van der Waals surface area contributed by atoms with E-state index in [1.54, 1.807) is 12.1 Å². The topological polar surface area (TPSA) is 27.7 Å². The van der Waals surface area contributed by atoms with Crippen LogP contribution < -0.4 is 14.2 Å². The van der Waals surface area contributed by atoms with Crippen LogP contribution in [0.15, 0.2) is 42.5 Å². The zero-order valence-electron chi connectivity index (χ0n) is 13.5. The molecule has 1 fully saturated rings. The van der Waals surface area contributed by atoms with Gasteiger partial charge in [-0.3, -0.25) is 0 Å². The summed E-state index contributed by atoms with van der Waals surface area (Å²) in [5.41, 5.74) is 1.22. The van der Waals surface area contributed by atoms with E-state index in [4.69, 9.17) is 14.2 Å². The molecule has 0 saturated heterocycles. The Balaban J connectivity index is 1.44. The lowest BCUT2D eigenvalue weighted by atomic mass is 9.76. The number of fused-ring (bicyclic) bond motifs is 1. The third-order valence-electron chi connectivity index (χ3n) is 5.02. The zero-order chi connectivity index (χ0) is 16.4. The fourth-order valence-corrected chi connectivity index (χ4v) is 3.73. The van der Waals surface area contributed by atoms with Gasteiger partial charge in [0.2, 0.25) is 6.79 Å². The molecule has 0 radical (unpaired) electrons. The molecule has 0 bridgehead atoms. The van der Waals surface area contributed by atoms with Crippen LogP contribution in [0.2, 0.25) is 0 Å². The Labute approximate surface area is 141 Å². The van der Waals surface area contributed by atoms with Crippen LogP contribution in [-0.2, 0) is 0 Å². The highest BCUT2D eigenvalue weighted by molar-refractivity contribution is 5.46. The first-order valence-electron chi connectivity index (χ1n) is 8.57. The fraction of sp³-hybridized carbons (Fsp3) is 0.400. The largest absolute Gasteiger partial charge is 0.493 e. The summed E-state index contributed by atoms with van der Waals surface area (Å²) in [5, 5.41) is 0. The van der Waals surface area contributed by atoms with Gasteiger partial charge in [0.15, 0.2) is 11.5 Å². The van der Waals surface area contributed by atoms with Crippen LogP contribution in [0.5, 0.6) is 17.2 Å². The summed E-state index contributed by atoms with van der Waals surface area (Å²) in [6.45, 7) is 0.940. The number of hydrogen-bond donors (Lipinski definition) is 0. The van der Waals surface area contributed by atoms with Crippen LogP contribution in [-0.4, -0.2) is 13.4 Å². The Hall–Kier alpha value is -2.23. The van der Waals surface area contributed by atoms with Gasteiger partial charge in [0.1, 0.15) is 11.6 Å². The van der Waals surface area contributed by atoms with Crippen molar-refractivity contribution >= 4 is 0 Å². The Morgan fingerprint density at radius 3 is 2.62 bits per heavy atom. The quantitative estimate of drug-likeness (QED) is 0.798. The molecule has 3 nitrogen and oxygen atoms in total. The summed E-state index contributed by atoms with van der Waals surface area (Å²) >= 11 is 0. The van der Waals surface area contributed by atoms with E-state index in [1.165, 1.54) is 18.4 Å². The molecule has 24 heavy (non-hydrogen) atoms. The second kappa shape index (κ2) is 6.71. The van der Waals surface area contributed by atoms with E-state index in [1.807, 2.05) is 30.3 Å². The van der Waals surface area contributed by atoms with Gasteiger partial charge in [0.25, 0.3) is 0 Å².